The summed E-state index contributed by atoms with van der Waals surface area (Å²) in [7, 11) is 1.42. The first-order chi connectivity index (χ1) is 18.1. The maximum absolute atomic E-state index is 11.7. The fourth-order valence-corrected chi connectivity index (χ4v) is 4.58. The second-order valence-corrected chi connectivity index (χ2v) is 9.73. The van der Waals surface area contributed by atoms with E-state index in [2.05, 4.69) is 66.0 Å². The van der Waals surface area contributed by atoms with Crippen molar-refractivity contribution in [2.24, 2.45) is 5.92 Å². The molecule has 1 N–H and O–H groups in total. The number of rotatable bonds is 12. The second kappa shape index (κ2) is 13.9. The highest BCUT2D eigenvalue weighted by Crippen LogP contribution is 2.23. The summed E-state index contributed by atoms with van der Waals surface area (Å²) in [5, 5.41) is 4.20. The third-order valence-corrected chi connectivity index (χ3v) is 6.81. The van der Waals surface area contributed by atoms with Gasteiger partial charge in [-0.05, 0) is 59.2 Å². The Morgan fingerprint density at radius 2 is 1.70 bits per heavy atom. The Hall–Kier alpha value is -3.18. The fourth-order valence-electron chi connectivity index (χ4n) is 4.38. The fraction of sp³-hybridized carbons (Fsp3) is 0.281. The van der Waals surface area contributed by atoms with Crippen LogP contribution in [-0.4, -0.2) is 26.2 Å². The summed E-state index contributed by atoms with van der Waals surface area (Å²) < 4.78 is 11.2. The number of carbonyl (C=O) groups excluding carboxylic acids is 1. The molecule has 0 radical (unpaired) electrons. The minimum absolute atomic E-state index is 0.146. The van der Waals surface area contributed by atoms with Gasteiger partial charge in [0.05, 0.1) is 25.7 Å². The topological polar surface area (TPSA) is 47.6 Å². The zero-order valence-corrected chi connectivity index (χ0v) is 22.0. The first kappa shape index (κ1) is 26.9. The lowest BCUT2D eigenvalue weighted by Crippen LogP contribution is -2.26. The van der Waals surface area contributed by atoms with Crippen molar-refractivity contribution in [3.8, 4) is 0 Å². The van der Waals surface area contributed by atoms with Crippen LogP contribution >= 0.6 is 11.6 Å². The molecule has 37 heavy (non-hydrogen) atoms. The van der Waals surface area contributed by atoms with Gasteiger partial charge in [0, 0.05) is 18.1 Å². The lowest BCUT2D eigenvalue weighted by molar-refractivity contribution is -0.143. The third kappa shape index (κ3) is 8.43. The number of hydrogen-bond donors (Lipinski definition) is 1. The summed E-state index contributed by atoms with van der Waals surface area (Å²) in [6.45, 7) is 1.85. The molecule has 2 atom stereocenters. The Morgan fingerprint density at radius 3 is 2.38 bits per heavy atom. The number of nitrogens with one attached hydrogen (secondary N) is 1. The largest absolute Gasteiger partial charge is 0.469 e. The molecule has 0 saturated heterocycles. The number of benzene rings is 3. The van der Waals surface area contributed by atoms with Crippen LogP contribution in [0.4, 0.5) is 0 Å². The van der Waals surface area contributed by atoms with E-state index in [0.29, 0.717) is 31.1 Å². The molecule has 0 saturated carbocycles. The third-order valence-electron chi connectivity index (χ3n) is 6.58. The van der Waals surface area contributed by atoms with Gasteiger partial charge in [-0.25, -0.2) is 0 Å². The Kier molecular flexibility index (Phi) is 10.1. The van der Waals surface area contributed by atoms with Crippen LogP contribution in [0, 0.1) is 5.92 Å². The zero-order chi connectivity index (χ0) is 25.9. The number of ether oxygens (including phenoxy) is 2. The van der Waals surface area contributed by atoms with Crippen molar-refractivity contribution in [1.29, 1.82) is 0 Å². The first-order valence-corrected chi connectivity index (χ1v) is 13.1. The average Bonchev–Trinajstić information content (AvgIpc) is 2.95. The number of esters is 1. The van der Waals surface area contributed by atoms with Crippen LogP contribution in [0.3, 0.4) is 0 Å². The smallest absolute Gasteiger partial charge is 0.312 e. The van der Waals surface area contributed by atoms with Crippen molar-refractivity contribution in [1.82, 2.24) is 5.32 Å². The molecule has 3 aromatic rings. The highest BCUT2D eigenvalue weighted by molar-refractivity contribution is 6.30. The van der Waals surface area contributed by atoms with Crippen molar-refractivity contribution < 1.29 is 14.3 Å². The first-order valence-electron chi connectivity index (χ1n) is 12.8. The standard InChI is InChI=1S/C32H34ClNO3/c1-36-32(35)28-18-16-26(17-19-28)21-34-22-31(29-8-5-9-30(33)20-29)37-23-27-14-12-25(13-15-27)11-10-24-6-3-2-4-7-24/h2-9,12-18,20,28,31,34H,10-11,19,21-23H2,1H3/t28?,31-/m0/s1. The highest BCUT2D eigenvalue weighted by atomic mass is 35.5. The van der Waals surface area contributed by atoms with Gasteiger partial charge in [0.1, 0.15) is 0 Å². The van der Waals surface area contributed by atoms with Gasteiger partial charge in [-0.2, -0.15) is 0 Å². The minimum atomic E-state index is -0.196. The number of methoxy groups -OCH3 is 1. The average molecular weight is 516 g/mol. The summed E-state index contributed by atoms with van der Waals surface area (Å²) in [6.07, 6.45) is 8.56. The van der Waals surface area contributed by atoms with Gasteiger partial charge in [0.25, 0.3) is 0 Å². The van der Waals surface area contributed by atoms with Crippen molar-refractivity contribution in [3.05, 3.63) is 130 Å². The normalized spacial score (nSPS) is 15.7. The Labute approximate surface area is 225 Å². The van der Waals surface area contributed by atoms with Gasteiger partial charge in [-0.15, -0.1) is 0 Å². The van der Waals surface area contributed by atoms with E-state index in [-0.39, 0.29) is 18.0 Å². The molecule has 4 nitrogen and oxygen atoms in total. The molecule has 1 aliphatic carbocycles. The zero-order valence-electron chi connectivity index (χ0n) is 21.2. The van der Waals surface area contributed by atoms with Crippen LogP contribution in [0.25, 0.3) is 0 Å². The molecule has 3 aromatic carbocycles. The lowest BCUT2D eigenvalue weighted by atomic mass is 9.97. The molecule has 1 aliphatic rings. The molecular formula is C32H34ClNO3. The van der Waals surface area contributed by atoms with Crippen LogP contribution in [0.5, 0.6) is 0 Å². The summed E-state index contributed by atoms with van der Waals surface area (Å²) in [5.41, 5.74) is 6.01. The van der Waals surface area contributed by atoms with Gasteiger partial charge in [0.2, 0.25) is 0 Å². The van der Waals surface area contributed by atoms with Crippen molar-refractivity contribution in [3.63, 3.8) is 0 Å². The maximum atomic E-state index is 11.7. The highest BCUT2D eigenvalue weighted by Gasteiger charge is 2.18. The van der Waals surface area contributed by atoms with E-state index < -0.39 is 0 Å². The van der Waals surface area contributed by atoms with Crippen molar-refractivity contribution in [2.45, 2.75) is 32.0 Å². The van der Waals surface area contributed by atoms with Crippen LogP contribution < -0.4 is 5.32 Å². The minimum Gasteiger partial charge on any atom is -0.469 e. The molecule has 0 fully saturated rings. The predicted molar refractivity (Wildman–Crippen MR) is 149 cm³/mol. The van der Waals surface area contributed by atoms with E-state index >= 15 is 0 Å². The summed E-state index contributed by atoms with van der Waals surface area (Å²) in [6, 6.07) is 27.1. The molecular weight excluding hydrogens is 482 g/mol. The SMILES string of the molecule is COC(=O)C1C=CC(CNC[C@H](OCc2ccc(CCc3ccccc3)cc2)c2cccc(Cl)c2)=CC1. The molecule has 5 heteroatoms. The molecule has 0 spiro atoms. The van der Waals surface area contributed by atoms with E-state index in [1.807, 2.05) is 36.4 Å². The lowest BCUT2D eigenvalue weighted by Gasteiger charge is -2.21. The van der Waals surface area contributed by atoms with Gasteiger partial charge >= 0.3 is 5.97 Å². The second-order valence-electron chi connectivity index (χ2n) is 9.29. The van der Waals surface area contributed by atoms with Gasteiger partial charge in [0.15, 0.2) is 0 Å². The van der Waals surface area contributed by atoms with Crippen LogP contribution in [0.15, 0.2) is 103 Å². The quantitative estimate of drug-likeness (QED) is 0.274. The maximum Gasteiger partial charge on any atom is 0.312 e. The van der Waals surface area contributed by atoms with Crippen molar-refractivity contribution >= 4 is 17.6 Å². The molecule has 0 amide bonds. The molecule has 192 valence electrons. The van der Waals surface area contributed by atoms with Crippen LogP contribution in [-0.2, 0) is 33.7 Å². The number of halogens is 1. The van der Waals surface area contributed by atoms with E-state index in [1.54, 1.807) is 0 Å². The van der Waals surface area contributed by atoms with Gasteiger partial charge in [-0.1, -0.05) is 96.6 Å². The Bertz CT molecular complexity index is 1200. The Morgan fingerprint density at radius 1 is 0.973 bits per heavy atom. The number of aryl methyl sites for hydroxylation is 2. The molecule has 0 aliphatic heterocycles. The summed E-state index contributed by atoms with van der Waals surface area (Å²) >= 11 is 6.27. The monoisotopic (exact) mass is 515 g/mol. The molecule has 0 bridgehead atoms. The van der Waals surface area contributed by atoms with Gasteiger partial charge in [-0.3, -0.25) is 4.79 Å². The van der Waals surface area contributed by atoms with E-state index in [9.17, 15) is 4.79 Å². The van der Waals surface area contributed by atoms with E-state index in [4.69, 9.17) is 21.1 Å². The number of hydrogen-bond acceptors (Lipinski definition) is 4. The van der Waals surface area contributed by atoms with Crippen LogP contribution in [0.2, 0.25) is 5.02 Å². The van der Waals surface area contributed by atoms with Crippen LogP contribution in [0.1, 0.15) is 34.8 Å². The molecule has 0 heterocycles. The van der Waals surface area contributed by atoms with E-state index in [0.717, 1.165) is 29.5 Å². The molecule has 0 aromatic heterocycles. The summed E-state index contributed by atoms with van der Waals surface area (Å²) in [5.74, 6) is -0.390. The Balaban J connectivity index is 1.30. The predicted octanol–water partition coefficient (Wildman–Crippen LogP) is 6.65. The molecule has 1 unspecified atom stereocenters. The van der Waals surface area contributed by atoms with Crippen molar-refractivity contribution in [2.75, 3.05) is 20.2 Å². The number of allylic oxidation sites excluding steroid dienone is 1. The summed E-state index contributed by atoms with van der Waals surface area (Å²) in [4.78, 5) is 11.7. The molecule has 4 rings (SSSR count). The number of carbonyl (C=O) groups is 1. The van der Waals surface area contributed by atoms with E-state index in [1.165, 1.54) is 18.2 Å². The van der Waals surface area contributed by atoms with Gasteiger partial charge < -0.3 is 14.8 Å².